The van der Waals surface area contributed by atoms with Gasteiger partial charge in [0.2, 0.25) is 0 Å². The first-order valence-corrected chi connectivity index (χ1v) is 6.51. The largest absolute Gasteiger partial charge is 0.491 e. The van der Waals surface area contributed by atoms with Gasteiger partial charge in [0, 0.05) is 0 Å². The molecule has 0 aliphatic rings. The van der Waals surface area contributed by atoms with Crippen LogP contribution >= 0.6 is 11.8 Å². The molecular formula is C12H17N3OS. The van der Waals surface area contributed by atoms with E-state index >= 15 is 0 Å². The number of hydrogen-bond donors (Lipinski definition) is 1. The summed E-state index contributed by atoms with van der Waals surface area (Å²) in [5.74, 6) is 0.825. The van der Waals surface area contributed by atoms with E-state index in [1.165, 1.54) is 11.8 Å². The Balaban J connectivity index is 2.72. The molecule has 0 amide bonds. The molecule has 0 aliphatic carbocycles. The maximum Gasteiger partial charge on any atom is 0.180 e. The fourth-order valence-electron chi connectivity index (χ4n) is 1.13. The topological polar surface area (TPSA) is 60.0 Å². The lowest BCUT2D eigenvalue weighted by Gasteiger charge is -2.09. The Morgan fingerprint density at radius 2 is 2.24 bits per heavy atom. The van der Waals surface area contributed by atoms with Gasteiger partial charge < -0.3 is 10.5 Å². The van der Waals surface area contributed by atoms with Crippen molar-refractivity contribution in [1.29, 1.82) is 0 Å². The van der Waals surface area contributed by atoms with E-state index in [0.717, 1.165) is 11.3 Å². The molecule has 17 heavy (non-hydrogen) atoms. The predicted molar refractivity (Wildman–Crippen MR) is 74.9 cm³/mol. The van der Waals surface area contributed by atoms with Crippen molar-refractivity contribution in [2.24, 2.45) is 15.9 Å². The summed E-state index contributed by atoms with van der Waals surface area (Å²) in [7, 11) is 0. The van der Waals surface area contributed by atoms with Crippen LogP contribution in [-0.2, 0) is 0 Å². The van der Waals surface area contributed by atoms with Gasteiger partial charge in [-0.3, -0.25) is 0 Å². The number of benzene rings is 1. The second kappa shape index (κ2) is 6.96. The molecule has 0 saturated carbocycles. The molecule has 0 fully saturated rings. The van der Waals surface area contributed by atoms with Crippen LogP contribution in [0.25, 0.3) is 0 Å². The standard InChI is InChI=1S/C12H17N3OS/c1-9(2)16-11-6-4-5-10(7-11)8-14-15-12(13)17-3/h4-9H,1-3H3,(H2,13,15)/b14-8-. The van der Waals surface area contributed by atoms with Crippen LogP contribution in [-0.4, -0.2) is 23.7 Å². The molecule has 0 radical (unpaired) electrons. The first-order valence-electron chi connectivity index (χ1n) is 5.29. The zero-order chi connectivity index (χ0) is 12.7. The molecule has 0 aliphatic heterocycles. The summed E-state index contributed by atoms with van der Waals surface area (Å²) in [6.07, 6.45) is 3.66. The average Bonchev–Trinajstić information content (AvgIpc) is 2.28. The van der Waals surface area contributed by atoms with Gasteiger partial charge in [0.15, 0.2) is 5.17 Å². The van der Waals surface area contributed by atoms with E-state index in [0.29, 0.717) is 5.17 Å². The average molecular weight is 251 g/mol. The molecule has 0 atom stereocenters. The van der Waals surface area contributed by atoms with Gasteiger partial charge in [0.05, 0.1) is 12.3 Å². The van der Waals surface area contributed by atoms with E-state index in [2.05, 4.69) is 10.2 Å². The molecule has 92 valence electrons. The van der Waals surface area contributed by atoms with E-state index in [9.17, 15) is 0 Å². The summed E-state index contributed by atoms with van der Waals surface area (Å²) in [5.41, 5.74) is 6.44. The minimum atomic E-state index is 0.160. The molecular weight excluding hydrogens is 234 g/mol. The Labute approximate surface area is 106 Å². The zero-order valence-electron chi connectivity index (χ0n) is 10.3. The monoisotopic (exact) mass is 251 g/mol. The number of nitrogens with two attached hydrogens (primary N) is 1. The van der Waals surface area contributed by atoms with Crippen molar-refractivity contribution in [3.63, 3.8) is 0 Å². The lowest BCUT2D eigenvalue weighted by Crippen LogP contribution is -2.05. The Bertz CT molecular complexity index is 416. The zero-order valence-corrected chi connectivity index (χ0v) is 11.1. The molecule has 5 heteroatoms. The summed E-state index contributed by atoms with van der Waals surface area (Å²) in [5, 5.41) is 8.15. The summed E-state index contributed by atoms with van der Waals surface area (Å²) in [4.78, 5) is 0. The van der Waals surface area contributed by atoms with E-state index < -0.39 is 0 Å². The highest BCUT2D eigenvalue weighted by Gasteiger charge is 1.97. The molecule has 1 aromatic carbocycles. The van der Waals surface area contributed by atoms with Crippen LogP contribution in [0.15, 0.2) is 34.5 Å². The van der Waals surface area contributed by atoms with Crippen LogP contribution in [0.1, 0.15) is 19.4 Å². The van der Waals surface area contributed by atoms with Crippen LogP contribution < -0.4 is 10.5 Å². The number of nitrogens with zero attached hydrogens (tertiary/aromatic N) is 2. The number of amidine groups is 1. The van der Waals surface area contributed by atoms with Gasteiger partial charge in [0.25, 0.3) is 0 Å². The maximum absolute atomic E-state index is 5.58. The van der Waals surface area contributed by atoms with Gasteiger partial charge in [0.1, 0.15) is 5.75 Å². The lowest BCUT2D eigenvalue weighted by molar-refractivity contribution is 0.242. The van der Waals surface area contributed by atoms with Gasteiger partial charge in [-0.25, -0.2) is 0 Å². The van der Waals surface area contributed by atoms with Crippen LogP contribution in [0, 0.1) is 0 Å². The van der Waals surface area contributed by atoms with E-state index in [-0.39, 0.29) is 6.10 Å². The normalized spacial score (nSPS) is 12.4. The smallest absolute Gasteiger partial charge is 0.180 e. The van der Waals surface area contributed by atoms with Crippen molar-refractivity contribution in [3.8, 4) is 5.75 Å². The molecule has 0 aromatic heterocycles. The quantitative estimate of drug-likeness (QED) is 0.508. The van der Waals surface area contributed by atoms with Crippen molar-refractivity contribution in [3.05, 3.63) is 29.8 Å². The van der Waals surface area contributed by atoms with Gasteiger partial charge in [-0.15, -0.1) is 5.10 Å². The number of hydrogen-bond acceptors (Lipinski definition) is 4. The van der Waals surface area contributed by atoms with Gasteiger partial charge in [-0.2, -0.15) is 5.10 Å². The molecule has 1 aromatic rings. The van der Waals surface area contributed by atoms with Gasteiger partial charge in [-0.05, 0) is 37.8 Å². The molecule has 0 bridgehead atoms. The molecule has 1 rings (SSSR count). The van der Waals surface area contributed by atoms with Gasteiger partial charge >= 0.3 is 0 Å². The Morgan fingerprint density at radius 1 is 1.47 bits per heavy atom. The Kier molecular flexibility index (Phi) is 5.56. The number of rotatable bonds is 4. The Hall–Kier alpha value is -1.49. The number of ether oxygens (including phenoxy) is 1. The molecule has 0 heterocycles. The highest BCUT2D eigenvalue weighted by Crippen LogP contribution is 2.13. The van der Waals surface area contributed by atoms with Gasteiger partial charge in [-0.1, -0.05) is 23.9 Å². The summed E-state index contributed by atoms with van der Waals surface area (Å²) in [6, 6.07) is 7.67. The molecule has 4 nitrogen and oxygen atoms in total. The molecule has 0 spiro atoms. The van der Waals surface area contributed by atoms with Crippen LogP contribution in [0.2, 0.25) is 0 Å². The summed E-state index contributed by atoms with van der Waals surface area (Å²) < 4.78 is 5.58. The molecule has 0 saturated heterocycles. The highest BCUT2D eigenvalue weighted by atomic mass is 32.2. The van der Waals surface area contributed by atoms with Crippen LogP contribution in [0.5, 0.6) is 5.75 Å². The molecule has 2 N–H and O–H groups in total. The highest BCUT2D eigenvalue weighted by molar-refractivity contribution is 8.13. The fraction of sp³-hybridized carbons (Fsp3) is 0.333. The van der Waals surface area contributed by atoms with Crippen molar-refractivity contribution >= 4 is 23.1 Å². The maximum atomic E-state index is 5.58. The van der Waals surface area contributed by atoms with Crippen molar-refractivity contribution in [2.75, 3.05) is 6.26 Å². The third-order valence-corrected chi connectivity index (χ3v) is 2.30. The Morgan fingerprint density at radius 3 is 2.88 bits per heavy atom. The second-order valence-corrected chi connectivity index (χ2v) is 4.45. The minimum Gasteiger partial charge on any atom is -0.491 e. The van der Waals surface area contributed by atoms with E-state index in [4.69, 9.17) is 10.5 Å². The minimum absolute atomic E-state index is 0.160. The first kappa shape index (κ1) is 13.6. The predicted octanol–water partition coefficient (Wildman–Crippen LogP) is 2.49. The van der Waals surface area contributed by atoms with Crippen molar-refractivity contribution in [1.82, 2.24) is 0 Å². The van der Waals surface area contributed by atoms with E-state index in [1.807, 2.05) is 44.4 Å². The third kappa shape index (κ3) is 5.40. The summed E-state index contributed by atoms with van der Waals surface area (Å²) >= 11 is 1.36. The SMILES string of the molecule is CS/C(N)=N/N=C\c1cccc(OC(C)C)c1. The van der Waals surface area contributed by atoms with Crippen LogP contribution in [0.3, 0.4) is 0 Å². The molecule has 0 unspecified atom stereocenters. The lowest BCUT2D eigenvalue weighted by atomic mass is 10.2. The third-order valence-electron chi connectivity index (χ3n) is 1.80. The first-order chi connectivity index (χ1) is 8.11. The van der Waals surface area contributed by atoms with Crippen LogP contribution in [0.4, 0.5) is 0 Å². The van der Waals surface area contributed by atoms with E-state index in [1.54, 1.807) is 6.21 Å². The van der Waals surface area contributed by atoms with Crippen molar-refractivity contribution < 1.29 is 4.74 Å². The number of thioether (sulfide) groups is 1. The fourth-order valence-corrected chi connectivity index (χ4v) is 1.26. The second-order valence-electron chi connectivity index (χ2n) is 3.63. The van der Waals surface area contributed by atoms with Crippen molar-refractivity contribution in [2.45, 2.75) is 20.0 Å². The summed E-state index contributed by atoms with van der Waals surface area (Å²) in [6.45, 7) is 3.98.